The van der Waals surface area contributed by atoms with Crippen LogP contribution in [0.3, 0.4) is 0 Å². The van der Waals surface area contributed by atoms with E-state index in [1.165, 1.54) is 29.8 Å². The van der Waals surface area contributed by atoms with E-state index < -0.39 is 5.92 Å². The number of allylic oxidation sites excluding steroid dienone is 3. The van der Waals surface area contributed by atoms with E-state index in [2.05, 4.69) is 41.8 Å². The Balaban J connectivity index is 1.55. The molecule has 5 rings (SSSR count). The fraction of sp³-hybridized carbons (Fsp3) is 0.226. The van der Waals surface area contributed by atoms with Crippen LogP contribution in [0.1, 0.15) is 55.2 Å². The van der Waals surface area contributed by atoms with Gasteiger partial charge in [-0.3, -0.25) is 9.59 Å². The van der Waals surface area contributed by atoms with Gasteiger partial charge in [-0.2, -0.15) is 0 Å². The second-order valence-corrected chi connectivity index (χ2v) is 9.48. The number of rotatable bonds is 5. The van der Waals surface area contributed by atoms with Crippen LogP contribution < -0.4 is 10.6 Å². The Bertz CT molecular complexity index is 1360. The summed E-state index contributed by atoms with van der Waals surface area (Å²) in [6, 6.07) is 24.0. The Labute approximate surface area is 210 Å². The summed E-state index contributed by atoms with van der Waals surface area (Å²) in [6.45, 7) is 3.98. The van der Waals surface area contributed by atoms with Gasteiger partial charge in [0.15, 0.2) is 5.78 Å². The van der Waals surface area contributed by atoms with Crippen LogP contribution in [0.25, 0.3) is 0 Å². The average Bonchev–Trinajstić information content (AvgIpc) is 2.89. The first-order valence-electron chi connectivity index (χ1n) is 12.4. The van der Waals surface area contributed by atoms with Crippen LogP contribution >= 0.6 is 0 Å². The van der Waals surface area contributed by atoms with Crippen LogP contribution in [0, 0.1) is 5.82 Å². The van der Waals surface area contributed by atoms with Crippen LogP contribution in [-0.4, -0.2) is 11.7 Å². The summed E-state index contributed by atoms with van der Waals surface area (Å²) < 4.78 is 13.4. The number of nitrogens with one attached hydrogen (secondary N) is 2. The number of ketones is 1. The molecule has 3 aromatic rings. The lowest BCUT2D eigenvalue weighted by Crippen LogP contribution is -2.37. The molecule has 0 bridgehead atoms. The standard InChI is InChI=1S/C31H29FN2O2/c1-3-20-9-11-22(12-10-20)29-28(31(36)34-25-15-13-24(32)14-16-25)19(2)33-26-17-23(18-27(35)30(26)29)21-7-5-4-6-8-21/h4-16,23,29,33H,3,17-18H2,1-2H3,(H,34,36)/t23-,29+/m1/s1. The quantitative estimate of drug-likeness (QED) is 0.445. The number of benzene rings is 3. The molecule has 182 valence electrons. The van der Waals surface area contributed by atoms with Crippen molar-refractivity contribution in [3.63, 3.8) is 0 Å². The predicted octanol–water partition coefficient (Wildman–Crippen LogP) is 6.39. The monoisotopic (exact) mass is 480 g/mol. The van der Waals surface area contributed by atoms with Gasteiger partial charge in [-0.25, -0.2) is 4.39 Å². The molecule has 3 aromatic carbocycles. The molecule has 2 atom stereocenters. The van der Waals surface area contributed by atoms with Crippen molar-refractivity contribution < 1.29 is 14.0 Å². The van der Waals surface area contributed by atoms with Gasteiger partial charge >= 0.3 is 0 Å². The van der Waals surface area contributed by atoms with Crippen molar-refractivity contribution in [2.75, 3.05) is 5.32 Å². The fourth-order valence-electron chi connectivity index (χ4n) is 5.31. The summed E-state index contributed by atoms with van der Waals surface area (Å²) >= 11 is 0. The zero-order valence-corrected chi connectivity index (χ0v) is 20.5. The number of hydrogen-bond acceptors (Lipinski definition) is 3. The number of halogens is 1. The van der Waals surface area contributed by atoms with Crippen molar-refractivity contribution in [1.82, 2.24) is 5.32 Å². The highest BCUT2D eigenvalue weighted by Gasteiger charge is 2.40. The second-order valence-electron chi connectivity index (χ2n) is 9.48. The lowest BCUT2D eigenvalue weighted by Gasteiger charge is -2.37. The van der Waals surface area contributed by atoms with Gasteiger partial charge in [0.2, 0.25) is 0 Å². The third-order valence-corrected chi connectivity index (χ3v) is 7.17. The first-order valence-corrected chi connectivity index (χ1v) is 12.4. The van der Waals surface area contributed by atoms with Crippen LogP contribution in [-0.2, 0) is 16.0 Å². The number of anilines is 1. The second kappa shape index (κ2) is 9.94. The van der Waals surface area contributed by atoms with E-state index in [1.54, 1.807) is 0 Å². The maximum absolute atomic E-state index is 13.7. The van der Waals surface area contributed by atoms with Gasteiger partial charge in [0, 0.05) is 40.6 Å². The number of hydrogen-bond donors (Lipinski definition) is 2. The number of amides is 1. The van der Waals surface area contributed by atoms with Crippen LogP contribution in [0.4, 0.5) is 10.1 Å². The van der Waals surface area contributed by atoms with Crippen molar-refractivity contribution >= 4 is 17.4 Å². The SMILES string of the molecule is CCc1ccc([C@H]2C(C(=O)Nc3ccc(F)cc3)=C(C)NC3=C2C(=O)C[C@H](c2ccccc2)C3)cc1. The summed E-state index contributed by atoms with van der Waals surface area (Å²) in [5.74, 6) is -0.998. The Morgan fingerprint density at radius 3 is 2.31 bits per heavy atom. The Kier molecular flexibility index (Phi) is 6.55. The first kappa shape index (κ1) is 23.7. The van der Waals surface area contributed by atoms with E-state index in [-0.39, 0.29) is 23.4 Å². The molecule has 0 aromatic heterocycles. The molecule has 0 saturated carbocycles. The highest BCUT2D eigenvalue weighted by atomic mass is 19.1. The fourth-order valence-corrected chi connectivity index (χ4v) is 5.31. The predicted molar refractivity (Wildman–Crippen MR) is 140 cm³/mol. The van der Waals surface area contributed by atoms with Crippen molar-refractivity contribution in [1.29, 1.82) is 0 Å². The molecule has 2 N–H and O–H groups in total. The van der Waals surface area contributed by atoms with Gasteiger partial charge in [-0.05, 0) is 66.6 Å². The van der Waals surface area contributed by atoms with Crippen molar-refractivity contribution in [3.8, 4) is 0 Å². The molecule has 1 heterocycles. The van der Waals surface area contributed by atoms with E-state index in [0.717, 1.165) is 28.9 Å². The molecule has 1 amide bonds. The molecule has 0 unspecified atom stereocenters. The summed E-state index contributed by atoms with van der Waals surface area (Å²) in [6.07, 6.45) is 2.02. The van der Waals surface area contributed by atoms with E-state index in [9.17, 15) is 14.0 Å². The minimum absolute atomic E-state index is 0.0572. The third kappa shape index (κ3) is 4.61. The lowest BCUT2D eigenvalue weighted by atomic mass is 9.71. The molecule has 0 saturated heterocycles. The summed E-state index contributed by atoms with van der Waals surface area (Å²) in [5.41, 5.74) is 6.54. The third-order valence-electron chi connectivity index (χ3n) is 7.17. The average molecular weight is 481 g/mol. The maximum atomic E-state index is 13.7. The molecule has 0 radical (unpaired) electrons. The molecule has 4 nitrogen and oxygen atoms in total. The van der Waals surface area contributed by atoms with Gasteiger partial charge < -0.3 is 10.6 Å². The van der Waals surface area contributed by atoms with E-state index >= 15 is 0 Å². The summed E-state index contributed by atoms with van der Waals surface area (Å²) in [4.78, 5) is 27.3. The van der Waals surface area contributed by atoms with Crippen molar-refractivity contribution in [2.24, 2.45) is 0 Å². The maximum Gasteiger partial charge on any atom is 0.254 e. The van der Waals surface area contributed by atoms with Gasteiger partial charge in [0.05, 0.1) is 0 Å². The number of carbonyl (C=O) groups excluding carboxylic acids is 2. The normalized spacial score (nSPS) is 19.6. The first-order chi connectivity index (χ1) is 17.4. The highest BCUT2D eigenvalue weighted by Crippen LogP contribution is 2.45. The van der Waals surface area contributed by atoms with Crippen LogP contribution in [0.15, 0.2) is 101 Å². The molecule has 36 heavy (non-hydrogen) atoms. The van der Waals surface area contributed by atoms with E-state index in [1.807, 2.05) is 37.3 Å². The number of dihydropyridines is 1. The summed E-state index contributed by atoms with van der Waals surface area (Å²) in [5, 5.41) is 6.31. The smallest absolute Gasteiger partial charge is 0.254 e. The molecule has 0 fully saturated rings. The summed E-state index contributed by atoms with van der Waals surface area (Å²) in [7, 11) is 0. The van der Waals surface area contributed by atoms with Gasteiger partial charge in [0.25, 0.3) is 5.91 Å². The van der Waals surface area contributed by atoms with Crippen LogP contribution in [0.2, 0.25) is 0 Å². The molecule has 1 aliphatic carbocycles. The zero-order chi connectivity index (χ0) is 25.2. The minimum atomic E-state index is -0.475. The zero-order valence-electron chi connectivity index (χ0n) is 20.5. The molecular weight excluding hydrogens is 451 g/mol. The van der Waals surface area contributed by atoms with Crippen LogP contribution in [0.5, 0.6) is 0 Å². The van der Waals surface area contributed by atoms with Gasteiger partial charge in [0.1, 0.15) is 5.82 Å². The molecule has 0 spiro atoms. The van der Waals surface area contributed by atoms with Crippen molar-refractivity contribution in [2.45, 2.75) is 44.9 Å². The Hall–Kier alpha value is -3.99. The minimum Gasteiger partial charge on any atom is -0.362 e. The topological polar surface area (TPSA) is 58.2 Å². The Morgan fingerprint density at radius 2 is 1.64 bits per heavy atom. The largest absolute Gasteiger partial charge is 0.362 e. The molecule has 1 aliphatic heterocycles. The Morgan fingerprint density at radius 1 is 0.944 bits per heavy atom. The van der Waals surface area contributed by atoms with Crippen molar-refractivity contribution in [3.05, 3.63) is 124 Å². The molecule has 2 aliphatic rings. The number of Topliss-reactive ketones (excluding diaryl/α,β-unsaturated/α-hetero) is 1. The van der Waals surface area contributed by atoms with Gasteiger partial charge in [-0.1, -0.05) is 61.5 Å². The van der Waals surface area contributed by atoms with E-state index in [0.29, 0.717) is 29.7 Å². The molecular formula is C31H29FN2O2. The molecule has 5 heteroatoms. The number of carbonyl (C=O) groups is 2. The lowest BCUT2D eigenvalue weighted by molar-refractivity contribution is -0.116. The number of aryl methyl sites for hydroxylation is 1. The highest BCUT2D eigenvalue weighted by molar-refractivity contribution is 6.10. The van der Waals surface area contributed by atoms with E-state index in [4.69, 9.17) is 0 Å². The van der Waals surface area contributed by atoms with Gasteiger partial charge in [-0.15, -0.1) is 0 Å².